The van der Waals surface area contributed by atoms with Crippen LogP contribution in [-0.2, 0) is 4.79 Å². The third-order valence-electron chi connectivity index (χ3n) is 2.65. The summed E-state index contributed by atoms with van der Waals surface area (Å²) in [6, 6.07) is 3.34. The lowest BCUT2D eigenvalue weighted by atomic mass is 9.87. The van der Waals surface area contributed by atoms with Crippen molar-refractivity contribution in [1.82, 2.24) is 0 Å². The van der Waals surface area contributed by atoms with Gasteiger partial charge in [0.1, 0.15) is 0 Å². The van der Waals surface area contributed by atoms with Crippen molar-refractivity contribution in [3.8, 4) is 0 Å². The fraction of sp³-hybridized carbons (Fsp3) is 0.462. The Morgan fingerprint density at radius 3 is 2.11 bits per heavy atom. The van der Waals surface area contributed by atoms with E-state index < -0.39 is 6.04 Å². The van der Waals surface area contributed by atoms with Crippen LogP contribution in [0.1, 0.15) is 26.3 Å². The maximum Gasteiger partial charge on any atom is 0.241 e. The molecular formula is C13H18Br2N2O. The molecule has 3 N–H and O–H groups in total. The molecule has 0 saturated heterocycles. The standard InChI is InChI=1S/C13H18Br2N2O/c1-7-5-8(14)10(9(15)6-7)17-12(18)11(16)13(2,3)4/h5-6,11H,16H2,1-4H3,(H,17,18)/t11-/m0/s1. The van der Waals surface area contributed by atoms with Crippen molar-refractivity contribution in [2.75, 3.05) is 5.32 Å². The number of aryl methyl sites for hydroxylation is 1. The molecule has 0 fully saturated rings. The van der Waals surface area contributed by atoms with Crippen molar-refractivity contribution < 1.29 is 4.79 Å². The Balaban J connectivity index is 2.96. The Morgan fingerprint density at radius 2 is 1.72 bits per heavy atom. The van der Waals surface area contributed by atoms with Gasteiger partial charge in [-0.3, -0.25) is 4.79 Å². The highest BCUT2D eigenvalue weighted by molar-refractivity contribution is 9.11. The Hall–Kier alpha value is -0.390. The third kappa shape index (κ3) is 3.80. The average Bonchev–Trinajstić information content (AvgIpc) is 2.20. The summed E-state index contributed by atoms with van der Waals surface area (Å²) in [6.45, 7) is 7.81. The molecule has 100 valence electrons. The Morgan fingerprint density at radius 1 is 1.28 bits per heavy atom. The molecule has 0 aliphatic carbocycles. The van der Waals surface area contributed by atoms with Gasteiger partial charge in [0.2, 0.25) is 5.91 Å². The molecular weight excluding hydrogens is 360 g/mol. The largest absolute Gasteiger partial charge is 0.323 e. The zero-order valence-corrected chi connectivity index (χ0v) is 14.1. The number of halogens is 2. The van der Waals surface area contributed by atoms with E-state index >= 15 is 0 Å². The van der Waals surface area contributed by atoms with E-state index in [1.165, 1.54) is 0 Å². The molecule has 18 heavy (non-hydrogen) atoms. The molecule has 0 heterocycles. The summed E-state index contributed by atoms with van der Waals surface area (Å²) >= 11 is 6.88. The van der Waals surface area contributed by atoms with Crippen LogP contribution in [0.25, 0.3) is 0 Å². The Bertz CT molecular complexity index is 444. The minimum Gasteiger partial charge on any atom is -0.323 e. The molecule has 0 radical (unpaired) electrons. The highest BCUT2D eigenvalue weighted by atomic mass is 79.9. The number of anilines is 1. The summed E-state index contributed by atoms with van der Waals surface area (Å²) in [5.41, 5.74) is 7.48. The molecule has 1 atom stereocenters. The fourth-order valence-corrected chi connectivity index (χ4v) is 3.03. The Labute approximate surface area is 125 Å². The van der Waals surface area contributed by atoms with Gasteiger partial charge in [-0.1, -0.05) is 20.8 Å². The van der Waals surface area contributed by atoms with Crippen LogP contribution < -0.4 is 11.1 Å². The molecule has 0 aliphatic rings. The highest BCUT2D eigenvalue weighted by Crippen LogP contribution is 2.32. The molecule has 1 rings (SSSR count). The van der Waals surface area contributed by atoms with Gasteiger partial charge in [-0.05, 0) is 61.9 Å². The van der Waals surface area contributed by atoms with Crippen LogP contribution in [0.4, 0.5) is 5.69 Å². The predicted octanol–water partition coefficient (Wildman–Crippen LogP) is 3.83. The first-order valence-electron chi connectivity index (χ1n) is 5.65. The predicted molar refractivity (Wildman–Crippen MR) is 82.6 cm³/mol. The zero-order valence-electron chi connectivity index (χ0n) is 11.0. The van der Waals surface area contributed by atoms with Gasteiger partial charge in [0.25, 0.3) is 0 Å². The van der Waals surface area contributed by atoms with Crippen LogP contribution in [0, 0.1) is 12.3 Å². The fourth-order valence-electron chi connectivity index (χ4n) is 1.41. The first-order chi connectivity index (χ1) is 8.12. The molecule has 5 heteroatoms. The number of nitrogens with one attached hydrogen (secondary N) is 1. The van der Waals surface area contributed by atoms with E-state index in [-0.39, 0.29) is 11.3 Å². The lowest BCUT2D eigenvalue weighted by Gasteiger charge is -2.26. The summed E-state index contributed by atoms with van der Waals surface area (Å²) < 4.78 is 1.67. The van der Waals surface area contributed by atoms with E-state index in [9.17, 15) is 4.79 Å². The molecule has 0 saturated carbocycles. The number of carbonyl (C=O) groups is 1. The van der Waals surface area contributed by atoms with E-state index in [0.29, 0.717) is 5.69 Å². The van der Waals surface area contributed by atoms with Gasteiger partial charge < -0.3 is 11.1 Å². The highest BCUT2D eigenvalue weighted by Gasteiger charge is 2.28. The lowest BCUT2D eigenvalue weighted by molar-refractivity contribution is -0.119. The second-order valence-electron chi connectivity index (χ2n) is 5.44. The van der Waals surface area contributed by atoms with Gasteiger partial charge in [0, 0.05) is 8.95 Å². The summed E-state index contributed by atoms with van der Waals surface area (Å²) in [6.07, 6.45) is 0. The topological polar surface area (TPSA) is 55.1 Å². The van der Waals surface area contributed by atoms with Crippen molar-refractivity contribution in [1.29, 1.82) is 0 Å². The van der Waals surface area contributed by atoms with E-state index in [1.807, 2.05) is 39.8 Å². The molecule has 3 nitrogen and oxygen atoms in total. The maximum atomic E-state index is 12.1. The van der Waals surface area contributed by atoms with Crippen molar-refractivity contribution >= 4 is 43.5 Å². The van der Waals surface area contributed by atoms with Gasteiger partial charge >= 0.3 is 0 Å². The van der Waals surface area contributed by atoms with Crippen molar-refractivity contribution in [2.24, 2.45) is 11.1 Å². The van der Waals surface area contributed by atoms with Gasteiger partial charge in [0.05, 0.1) is 11.7 Å². The van der Waals surface area contributed by atoms with Gasteiger partial charge in [-0.15, -0.1) is 0 Å². The summed E-state index contributed by atoms with van der Waals surface area (Å²) in [4.78, 5) is 12.1. The molecule has 0 spiro atoms. The van der Waals surface area contributed by atoms with Crippen LogP contribution >= 0.6 is 31.9 Å². The van der Waals surface area contributed by atoms with Crippen LogP contribution in [0.5, 0.6) is 0 Å². The van der Waals surface area contributed by atoms with Crippen LogP contribution in [0.3, 0.4) is 0 Å². The molecule has 0 unspecified atom stereocenters. The number of benzene rings is 1. The maximum absolute atomic E-state index is 12.1. The minimum atomic E-state index is -0.558. The number of hydrogen-bond acceptors (Lipinski definition) is 2. The molecule has 1 aromatic carbocycles. The number of rotatable bonds is 2. The SMILES string of the molecule is Cc1cc(Br)c(NC(=O)[C@H](N)C(C)(C)C)c(Br)c1. The van der Waals surface area contributed by atoms with Crippen LogP contribution in [-0.4, -0.2) is 11.9 Å². The molecule has 1 aromatic rings. The zero-order chi connectivity index (χ0) is 14.1. The van der Waals surface area contributed by atoms with Crippen molar-refractivity contribution in [3.05, 3.63) is 26.6 Å². The third-order valence-corrected chi connectivity index (χ3v) is 3.90. The van der Waals surface area contributed by atoms with E-state index in [2.05, 4.69) is 37.2 Å². The molecule has 1 amide bonds. The molecule has 0 bridgehead atoms. The summed E-state index contributed by atoms with van der Waals surface area (Å²) in [5.74, 6) is -0.187. The van der Waals surface area contributed by atoms with Crippen LogP contribution in [0.15, 0.2) is 21.1 Å². The van der Waals surface area contributed by atoms with E-state index in [1.54, 1.807) is 0 Å². The first kappa shape index (κ1) is 15.7. The monoisotopic (exact) mass is 376 g/mol. The second kappa shape index (κ2) is 5.72. The minimum absolute atomic E-state index is 0.187. The number of hydrogen-bond donors (Lipinski definition) is 2. The molecule has 0 aromatic heterocycles. The quantitative estimate of drug-likeness (QED) is 0.822. The van der Waals surface area contributed by atoms with Gasteiger partial charge in [-0.2, -0.15) is 0 Å². The summed E-state index contributed by atoms with van der Waals surface area (Å²) in [7, 11) is 0. The lowest BCUT2D eigenvalue weighted by Crippen LogP contribution is -2.45. The summed E-state index contributed by atoms with van der Waals surface area (Å²) in [5, 5.41) is 2.85. The first-order valence-corrected chi connectivity index (χ1v) is 7.23. The van der Waals surface area contributed by atoms with Gasteiger partial charge in [0.15, 0.2) is 0 Å². The smallest absolute Gasteiger partial charge is 0.241 e. The molecule has 0 aliphatic heterocycles. The van der Waals surface area contributed by atoms with Crippen LogP contribution in [0.2, 0.25) is 0 Å². The normalized spacial score (nSPS) is 13.3. The Kier molecular flexibility index (Phi) is 4.98. The average molecular weight is 378 g/mol. The van der Waals surface area contributed by atoms with E-state index in [0.717, 1.165) is 14.5 Å². The number of amides is 1. The second-order valence-corrected chi connectivity index (χ2v) is 7.15. The van der Waals surface area contributed by atoms with Crippen molar-refractivity contribution in [3.63, 3.8) is 0 Å². The van der Waals surface area contributed by atoms with E-state index in [4.69, 9.17) is 5.73 Å². The van der Waals surface area contributed by atoms with Gasteiger partial charge in [-0.25, -0.2) is 0 Å². The van der Waals surface area contributed by atoms with Crippen molar-refractivity contribution in [2.45, 2.75) is 33.7 Å². The number of carbonyl (C=O) groups excluding carboxylic acids is 1. The number of nitrogens with two attached hydrogens (primary N) is 1.